The van der Waals surface area contributed by atoms with Gasteiger partial charge in [0.25, 0.3) is 5.91 Å². The number of alkyl halides is 3. The molecule has 0 fully saturated rings. The van der Waals surface area contributed by atoms with Gasteiger partial charge in [0.2, 0.25) is 0 Å². The zero-order valence-corrected chi connectivity index (χ0v) is 19.7. The number of carbonyl (C=O) groups excluding carboxylic acids is 1. The number of hydrogen-bond donors (Lipinski definition) is 1. The number of nitrogens with zero attached hydrogens (tertiary/aromatic N) is 3. The Bertz CT molecular complexity index is 1370. The van der Waals surface area contributed by atoms with Crippen LogP contribution in [0.3, 0.4) is 0 Å². The molecule has 0 radical (unpaired) electrons. The molecule has 1 amide bonds. The molecule has 186 valence electrons. The fourth-order valence-corrected chi connectivity index (χ4v) is 4.35. The molecule has 1 heterocycles. The van der Waals surface area contributed by atoms with Gasteiger partial charge in [-0.25, -0.2) is 4.39 Å². The van der Waals surface area contributed by atoms with E-state index in [2.05, 4.69) is 15.5 Å². The van der Waals surface area contributed by atoms with Crippen molar-refractivity contribution >= 4 is 17.7 Å². The van der Waals surface area contributed by atoms with Crippen molar-refractivity contribution in [2.45, 2.75) is 23.6 Å². The van der Waals surface area contributed by atoms with E-state index in [-0.39, 0.29) is 17.9 Å². The standard InChI is InChI=1S/C25H20F4N4O2S/c1-35-21-11-3-2-10-20(21)33-22(14-30-23(34)17-7-5-9-19(26)13-17)31-32-24(33)36-15-16-6-4-8-18(12-16)25(27,28)29/h2-13H,14-15H2,1H3,(H,30,34). The topological polar surface area (TPSA) is 69.0 Å². The van der Waals surface area contributed by atoms with Crippen molar-refractivity contribution in [3.05, 3.63) is 101 Å². The molecule has 4 aromatic rings. The van der Waals surface area contributed by atoms with Crippen LogP contribution in [0.15, 0.2) is 78.0 Å². The Morgan fingerprint density at radius 3 is 2.56 bits per heavy atom. The number of thioether (sulfide) groups is 1. The van der Waals surface area contributed by atoms with Crippen LogP contribution in [0.4, 0.5) is 17.6 Å². The lowest BCUT2D eigenvalue weighted by atomic mass is 10.1. The van der Waals surface area contributed by atoms with Crippen LogP contribution in [-0.2, 0) is 18.5 Å². The summed E-state index contributed by atoms with van der Waals surface area (Å²) < 4.78 is 59.9. The maximum Gasteiger partial charge on any atom is 0.416 e. The molecule has 0 unspecified atom stereocenters. The third-order valence-electron chi connectivity index (χ3n) is 5.14. The van der Waals surface area contributed by atoms with Crippen LogP contribution in [0, 0.1) is 5.82 Å². The minimum absolute atomic E-state index is 0.0372. The first-order chi connectivity index (χ1) is 17.3. The Morgan fingerprint density at radius 1 is 1.03 bits per heavy atom. The summed E-state index contributed by atoms with van der Waals surface area (Å²) in [4.78, 5) is 12.5. The molecule has 36 heavy (non-hydrogen) atoms. The summed E-state index contributed by atoms with van der Waals surface area (Å²) in [6.07, 6.45) is -4.44. The quantitative estimate of drug-likeness (QED) is 0.242. The highest BCUT2D eigenvalue weighted by Crippen LogP contribution is 2.33. The second-order valence-electron chi connectivity index (χ2n) is 7.59. The number of hydrogen-bond acceptors (Lipinski definition) is 5. The van der Waals surface area contributed by atoms with E-state index in [1.807, 2.05) is 0 Å². The minimum Gasteiger partial charge on any atom is -0.495 e. The number of halogens is 4. The van der Waals surface area contributed by atoms with Gasteiger partial charge in [-0.3, -0.25) is 9.36 Å². The van der Waals surface area contributed by atoms with Gasteiger partial charge in [0.1, 0.15) is 11.6 Å². The van der Waals surface area contributed by atoms with Crippen LogP contribution < -0.4 is 10.1 Å². The van der Waals surface area contributed by atoms with E-state index in [4.69, 9.17) is 4.74 Å². The van der Waals surface area contributed by atoms with Gasteiger partial charge in [-0.2, -0.15) is 13.2 Å². The maximum absolute atomic E-state index is 13.5. The smallest absolute Gasteiger partial charge is 0.416 e. The number of nitrogens with one attached hydrogen (secondary N) is 1. The van der Waals surface area contributed by atoms with Gasteiger partial charge in [0.15, 0.2) is 11.0 Å². The SMILES string of the molecule is COc1ccccc1-n1c(CNC(=O)c2cccc(F)c2)nnc1SCc1cccc(C(F)(F)F)c1. The third kappa shape index (κ3) is 5.85. The summed E-state index contributed by atoms with van der Waals surface area (Å²) in [6.45, 7) is -0.0372. The lowest BCUT2D eigenvalue weighted by molar-refractivity contribution is -0.137. The maximum atomic E-state index is 13.5. The second-order valence-corrected chi connectivity index (χ2v) is 8.53. The number of para-hydroxylation sites is 2. The Labute approximate surface area is 208 Å². The van der Waals surface area contributed by atoms with E-state index in [9.17, 15) is 22.4 Å². The van der Waals surface area contributed by atoms with E-state index in [1.165, 1.54) is 43.1 Å². The van der Waals surface area contributed by atoms with Crippen molar-refractivity contribution in [2.75, 3.05) is 7.11 Å². The normalized spacial score (nSPS) is 11.4. The molecule has 1 N–H and O–H groups in total. The van der Waals surface area contributed by atoms with Gasteiger partial charge in [0.05, 0.1) is 24.9 Å². The monoisotopic (exact) mass is 516 g/mol. The van der Waals surface area contributed by atoms with Gasteiger partial charge in [-0.15, -0.1) is 10.2 Å². The fourth-order valence-electron chi connectivity index (χ4n) is 3.44. The third-order valence-corrected chi connectivity index (χ3v) is 6.14. The van der Waals surface area contributed by atoms with Crippen LogP contribution in [0.2, 0.25) is 0 Å². The Balaban J connectivity index is 1.61. The van der Waals surface area contributed by atoms with Gasteiger partial charge < -0.3 is 10.1 Å². The largest absolute Gasteiger partial charge is 0.495 e. The molecule has 1 aromatic heterocycles. The average molecular weight is 517 g/mol. The highest BCUT2D eigenvalue weighted by Gasteiger charge is 2.30. The predicted octanol–water partition coefficient (Wildman–Crippen LogP) is 5.66. The molecule has 0 saturated carbocycles. The van der Waals surface area contributed by atoms with Crippen LogP contribution in [-0.4, -0.2) is 27.8 Å². The fraction of sp³-hybridized carbons (Fsp3) is 0.160. The predicted molar refractivity (Wildman–Crippen MR) is 126 cm³/mol. The van der Waals surface area contributed by atoms with E-state index in [0.29, 0.717) is 28.0 Å². The summed E-state index contributed by atoms with van der Waals surface area (Å²) >= 11 is 1.19. The van der Waals surface area contributed by atoms with E-state index < -0.39 is 23.5 Å². The molecule has 6 nitrogen and oxygen atoms in total. The van der Waals surface area contributed by atoms with Gasteiger partial charge in [-0.1, -0.05) is 48.2 Å². The number of amides is 1. The Kier molecular flexibility index (Phi) is 7.58. The van der Waals surface area contributed by atoms with E-state index >= 15 is 0 Å². The molecule has 0 aliphatic heterocycles. The van der Waals surface area contributed by atoms with Gasteiger partial charge in [-0.05, 0) is 42.0 Å². The van der Waals surface area contributed by atoms with Crippen molar-refractivity contribution in [1.29, 1.82) is 0 Å². The van der Waals surface area contributed by atoms with Crippen molar-refractivity contribution in [3.63, 3.8) is 0 Å². The number of aromatic nitrogens is 3. The molecule has 0 spiro atoms. The molecule has 0 bridgehead atoms. The van der Waals surface area contributed by atoms with E-state index in [1.54, 1.807) is 34.9 Å². The minimum atomic E-state index is -4.44. The zero-order valence-electron chi connectivity index (χ0n) is 18.9. The molecule has 0 atom stereocenters. The highest BCUT2D eigenvalue weighted by atomic mass is 32.2. The number of carbonyl (C=O) groups is 1. The first-order valence-electron chi connectivity index (χ1n) is 10.7. The highest BCUT2D eigenvalue weighted by molar-refractivity contribution is 7.98. The number of ether oxygens (including phenoxy) is 1. The molecule has 0 aliphatic carbocycles. The molecule has 11 heteroatoms. The van der Waals surface area contributed by atoms with Crippen LogP contribution in [0.25, 0.3) is 5.69 Å². The van der Waals surface area contributed by atoms with Crippen molar-refractivity contribution in [3.8, 4) is 11.4 Å². The van der Waals surface area contributed by atoms with Crippen LogP contribution >= 0.6 is 11.8 Å². The summed E-state index contributed by atoms with van der Waals surface area (Å²) in [6, 6.07) is 17.4. The van der Waals surface area contributed by atoms with Crippen LogP contribution in [0.1, 0.15) is 27.3 Å². The Morgan fingerprint density at radius 2 is 1.81 bits per heavy atom. The molecule has 0 aliphatic rings. The lowest BCUT2D eigenvalue weighted by Crippen LogP contribution is -2.24. The summed E-state index contributed by atoms with van der Waals surface area (Å²) in [5, 5.41) is 11.5. The molecule has 0 saturated heterocycles. The first kappa shape index (κ1) is 25.2. The van der Waals surface area contributed by atoms with Crippen LogP contribution in [0.5, 0.6) is 5.75 Å². The second kappa shape index (κ2) is 10.8. The Hall–Kier alpha value is -3.86. The number of rotatable bonds is 8. The van der Waals surface area contributed by atoms with Gasteiger partial charge in [0, 0.05) is 11.3 Å². The molecular weight excluding hydrogens is 496 g/mol. The van der Waals surface area contributed by atoms with Crippen molar-refractivity contribution in [2.24, 2.45) is 0 Å². The number of benzene rings is 3. The number of methoxy groups -OCH3 is 1. The average Bonchev–Trinajstić information content (AvgIpc) is 3.28. The molecular formula is C25H20F4N4O2S. The van der Waals surface area contributed by atoms with Crippen molar-refractivity contribution < 1.29 is 27.1 Å². The van der Waals surface area contributed by atoms with Crippen molar-refractivity contribution in [1.82, 2.24) is 20.1 Å². The summed E-state index contributed by atoms with van der Waals surface area (Å²) in [5.41, 5.74) is 0.474. The summed E-state index contributed by atoms with van der Waals surface area (Å²) in [7, 11) is 1.50. The lowest BCUT2D eigenvalue weighted by Gasteiger charge is -2.14. The van der Waals surface area contributed by atoms with Gasteiger partial charge >= 0.3 is 6.18 Å². The zero-order chi connectivity index (χ0) is 25.7. The van der Waals surface area contributed by atoms with E-state index in [0.717, 1.165) is 18.2 Å². The molecule has 4 rings (SSSR count). The molecule has 3 aromatic carbocycles. The summed E-state index contributed by atoms with van der Waals surface area (Å²) in [5.74, 6) is 0.0365. The first-order valence-corrected chi connectivity index (χ1v) is 11.6.